The summed E-state index contributed by atoms with van der Waals surface area (Å²) in [5.41, 5.74) is 3.57. The van der Waals surface area contributed by atoms with E-state index in [0.29, 0.717) is 11.4 Å². The summed E-state index contributed by atoms with van der Waals surface area (Å²) in [5.74, 6) is -0.272. The quantitative estimate of drug-likeness (QED) is 0.635. The SMILES string of the molecule is O=C(O)c1cc(-c2ccnc(/C=C/c3ccccn3)c2)[nH]c1N1CCNCC1. The van der Waals surface area contributed by atoms with Gasteiger partial charge in [0.2, 0.25) is 0 Å². The normalized spacial score (nSPS) is 14.5. The monoisotopic (exact) mass is 375 g/mol. The van der Waals surface area contributed by atoms with Crippen molar-refractivity contribution < 1.29 is 9.90 Å². The number of nitrogens with zero attached hydrogens (tertiary/aromatic N) is 3. The number of hydrogen-bond donors (Lipinski definition) is 3. The fourth-order valence-corrected chi connectivity index (χ4v) is 3.25. The summed E-state index contributed by atoms with van der Waals surface area (Å²) < 4.78 is 0. The number of aromatic amines is 1. The molecule has 0 radical (unpaired) electrons. The number of nitrogens with one attached hydrogen (secondary N) is 2. The lowest BCUT2D eigenvalue weighted by atomic mass is 10.1. The van der Waals surface area contributed by atoms with E-state index in [0.717, 1.165) is 48.8 Å². The van der Waals surface area contributed by atoms with E-state index < -0.39 is 5.97 Å². The average Bonchev–Trinajstić information content (AvgIpc) is 3.20. The van der Waals surface area contributed by atoms with Gasteiger partial charge in [-0.3, -0.25) is 9.97 Å². The summed E-state index contributed by atoms with van der Waals surface area (Å²) in [6.07, 6.45) is 7.26. The molecule has 1 aliphatic heterocycles. The molecule has 28 heavy (non-hydrogen) atoms. The Morgan fingerprint density at radius 3 is 2.57 bits per heavy atom. The lowest BCUT2D eigenvalue weighted by Gasteiger charge is -2.28. The minimum absolute atomic E-state index is 0.291. The number of aromatic carboxylic acids is 1. The van der Waals surface area contributed by atoms with Crippen LogP contribution in [0.2, 0.25) is 0 Å². The van der Waals surface area contributed by atoms with Crippen molar-refractivity contribution in [1.29, 1.82) is 0 Å². The van der Waals surface area contributed by atoms with Crippen molar-refractivity contribution >= 4 is 23.9 Å². The third-order valence-corrected chi connectivity index (χ3v) is 4.67. The molecule has 0 aromatic carbocycles. The maximum atomic E-state index is 11.7. The summed E-state index contributed by atoms with van der Waals surface area (Å²) in [5, 5.41) is 12.9. The number of piperazine rings is 1. The van der Waals surface area contributed by atoms with Crippen LogP contribution < -0.4 is 10.2 Å². The molecule has 142 valence electrons. The van der Waals surface area contributed by atoms with Gasteiger partial charge in [-0.25, -0.2) is 4.79 Å². The molecule has 0 saturated carbocycles. The zero-order chi connectivity index (χ0) is 19.3. The van der Waals surface area contributed by atoms with Gasteiger partial charge < -0.3 is 20.3 Å². The molecular formula is C21H21N5O2. The standard InChI is InChI=1S/C21H21N5O2/c27-21(28)18-14-19(25-20(18)26-11-9-22-10-12-26)15-6-8-24-17(13-15)5-4-16-3-1-2-7-23-16/h1-8,13-14,22,25H,9-12H2,(H,27,28)/b5-4+. The zero-order valence-corrected chi connectivity index (χ0v) is 15.3. The van der Waals surface area contributed by atoms with Crippen LogP contribution in [-0.4, -0.2) is 52.2 Å². The molecule has 0 bridgehead atoms. The van der Waals surface area contributed by atoms with Crippen molar-refractivity contribution in [3.63, 3.8) is 0 Å². The third-order valence-electron chi connectivity index (χ3n) is 4.67. The fourth-order valence-electron chi connectivity index (χ4n) is 3.25. The van der Waals surface area contributed by atoms with E-state index >= 15 is 0 Å². The van der Waals surface area contributed by atoms with Gasteiger partial charge in [0.05, 0.1) is 11.4 Å². The van der Waals surface area contributed by atoms with Gasteiger partial charge in [0, 0.05) is 49.8 Å². The number of carboxylic acids is 1. The maximum absolute atomic E-state index is 11.7. The smallest absolute Gasteiger partial charge is 0.339 e. The van der Waals surface area contributed by atoms with E-state index in [2.05, 4.69) is 25.2 Å². The second-order valence-electron chi connectivity index (χ2n) is 6.54. The molecule has 3 aromatic rings. The molecule has 0 atom stereocenters. The van der Waals surface area contributed by atoms with Crippen LogP contribution >= 0.6 is 0 Å². The van der Waals surface area contributed by atoms with Crippen LogP contribution in [0.25, 0.3) is 23.4 Å². The highest BCUT2D eigenvalue weighted by Crippen LogP contribution is 2.28. The molecule has 1 aliphatic rings. The topological polar surface area (TPSA) is 94.1 Å². The number of rotatable bonds is 5. The van der Waals surface area contributed by atoms with Crippen LogP contribution in [0.1, 0.15) is 21.7 Å². The van der Waals surface area contributed by atoms with Gasteiger partial charge in [-0.05, 0) is 42.5 Å². The van der Waals surface area contributed by atoms with Crippen molar-refractivity contribution in [3.05, 3.63) is 65.7 Å². The van der Waals surface area contributed by atoms with Gasteiger partial charge in [0.1, 0.15) is 11.4 Å². The maximum Gasteiger partial charge on any atom is 0.339 e. The molecule has 1 fully saturated rings. The molecule has 4 heterocycles. The van der Waals surface area contributed by atoms with E-state index in [9.17, 15) is 9.90 Å². The first-order valence-electron chi connectivity index (χ1n) is 9.18. The van der Waals surface area contributed by atoms with E-state index in [-0.39, 0.29) is 0 Å². The average molecular weight is 375 g/mol. The first-order valence-corrected chi connectivity index (χ1v) is 9.18. The molecule has 0 unspecified atom stereocenters. The number of carboxylic acid groups (broad SMARTS) is 1. The highest BCUT2D eigenvalue weighted by molar-refractivity contribution is 5.96. The van der Waals surface area contributed by atoms with Crippen LogP contribution in [0.5, 0.6) is 0 Å². The van der Waals surface area contributed by atoms with Crippen LogP contribution in [-0.2, 0) is 0 Å². The number of anilines is 1. The first kappa shape index (κ1) is 17.9. The number of H-pyrrole nitrogens is 1. The molecule has 0 spiro atoms. The lowest BCUT2D eigenvalue weighted by Crippen LogP contribution is -2.44. The van der Waals surface area contributed by atoms with Crippen molar-refractivity contribution in [2.24, 2.45) is 0 Å². The largest absolute Gasteiger partial charge is 0.478 e. The summed E-state index contributed by atoms with van der Waals surface area (Å²) in [4.78, 5) is 25.8. The molecule has 3 aromatic heterocycles. The molecule has 0 aliphatic carbocycles. The highest BCUT2D eigenvalue weighted by Gasteiger charge is 2.21. The Kier molecular flexibility index (Phi) is 5.16. The summed E-state index contributed by atoms with van der Waals surface area (Å²) in [7, 11) is 0. The van der Waals surface area contributed by atoms with E-state index in [1.54, 1.807) is 18.5 Å². The Labute approximate surface area is 162 Å². The predicted molar refractivity (Wildman–Crippen MR) is 109 cm³/mol. The van der Waals surface area contributed by atoms with E-state index in [1.165, 1.54) is 0 Å². The molecule has 7 heteroatoms. The van der Waals surface area contributed by atoms with Gasteiger partial charge in [0.15, 0.2) is 0 Å². The van der Waals surface area contributed by atoms with Crippen LogP contribution in [0.15, 0.2) is 48.8 Å². The molecule has 3 N–H and O–H groups in total. The number of carbonyl (C=O) groups is 1. The number of pyridine rings is 2. The van der Waals surface area contributed by atoms with Crippen LogP contribution in [0.4, 0.5) is 5.82 Å². The zero-order valence-electron chi connectivity index (χ0n) is 15.3. The van der Waals surface area contributed by atoms with E-state index in [1.807, 2.05) is 42.5 Å². The number of aromatic nitrogens is 3. The Balaban J connectivity index is 1.64. The molecular weight excluding hydrogens is 354 g/mol. The van der Waals surface area contributed by atoms with Gasteiger partial charge in [0.25, 0.3) is 0 Å². The summed E-state index contributed by atoms with van der Waals surface area (Å²) in [6.45, 7) is 3.22. The first-order chi connectivity index (χ1) is 13.7. The van der Waals surface area contributed by atoms with Crippen LogP contribution in [0, 0.1) is 0 Å². The van der Waals surface area contributed by atoms with E-state index in [4.69, 9.17) is 0 Å². The predicted octanol–water partition coefficient (Wildman–Crippen LogP) is 2.75. The summed E-state index contributed by atoms with van der Waals surface area (Å²) >= 11 is 0. The second kappa shape index (κ2) is 8.06. The Hall–Kier alpha value is -3.45. The lowest BCUT2D eigenvalue weighted by molar-refractivity contribution is 0.0697. The molecule has 1 saturated heterocycles. The van der Waals surface area contributed by atoms with Crippen molar-refractivity contribution in [3.8, 4) is 11.3 Å². The second-order valence-corrected chi connectivity index (χ2v) is 6.54. The molecule has 7 nitrogen and oxygen atoms in total. The van der Waals surface area contributed by atoms with Crippen LogP contribution in [0.3, 0.4) is 0 Å². The molecule has 0 amide bonds. The Morgan fingerprint density at radius 1 is 1.04 bits per heavy atom. The van der Waals surface area contributed by atoms with Gasteiger partial charge in [-0.1, -0.05) is 6.07 Å². The van der Waals surface area contributed by atoms with Gasteiger partial charge >= 0.3 is 5.97 Å². The number of hydrogen-bond acceptors (Lipinski definition) is 5. The van der Waals surface area contributed by atoms with Gasteiger partial charge in [-0.2, -0.15) is 0 Å². The minimum atomic E-state index is -0.930. The Morgan fingerprint density at radius 2 is 1.82 bits per heavy atom. The van der Waals surface area contributed by atoms with Crippen molar-refractivity contribution in [1.82, 2.24) is 20.3 Å². The molecule has 4 rings (SSSR count). The Bertz CT molecular complexity index is 991. The fraction of sp³-hybridized carbons (Fsp3) is 0.190. The van der Waals surface area contributed by atoms with Crippen molar-refractivity contribution in [2.45, 2.75) is 0 Å². The summed E-state index contributed by atoms with van der Waals surface area (Å²) in [6, 6.07) is 11.2. The highest BCUT2D eigenvalue weighted by atomic mass is 16.4. The van der Waals surface area contributed by atoms with Gasteiger partial charge in [-0.15, -0.1) is 0 Å². The van der Waals surface area contributed by atoms with Crippen molar-refractivity contribution in [2.75, 3.05) is 31.1 Å². The minimum Gasteiger partial charge on any atom is -0.478 e. The third kappa shape index (κ3) is 3.94.